The van der Waals surface area contributed by atoms with E-state index in [0.29, 0.717) is 6.54 Å². The van der Waals surface area contributed by atoms with E-state index in [4.69, 9.17) is 0 Å². The number of aryl methyl sites for hydroxylation is 2. The van der Waals surface area contributed by atoms with E-state index in [-0.39, 0.29) is 5.91 Å². The Morgan fingerprint density at radius 1 is 1.04 bits per heavy atom. The standard InChI is InChI=1S/C18H24N4O/c1-15-3-5-17(6-4-15)13-20-9-11-21(12-10-20)18(23)14-22-8-7-16(2)19-22/h3-8H,9-14H2,1-2H3. The highest BCUT2D eigenvalue weighted by atomic mass is 16.2. The molecule has 5 nitrogen and oxygen atoms in total. The molecule has 0 unspecified atom stereocenters. The molecule has 1 amide bonds. The molecule has 1 aromatic carbocycles. The van der Waals surface area contributed by atoms with Crippen LogP contribution in [0.3, 0.4) is 0 Å². The van der Waals surface area contributed by atoms with Crippen LogP contribution < -0.4 is 0 Å². The molecule has 1 aliphatic rings. The van der Waals surface area contributed by atoms with Gasteiger partial charge in [0.05, 0.1) is 5.69 Å². The molecule has 1 fully saturated rings. The second kappa shape index (κ2) is 6.96. The van der Waals surface area contributed by atoms with E-state index in [1.165, 1.54) is 11.1 Å². The monoisotopic (exact) mass is 312 g/mol. The summed E-state index contributed by atoms with van der Waals surface area (Å²) in [6, 6.07) is 10.6. The van der Waals surface area contributed by atoms with Crippen molar-refractivity contribution in [2.24, 2.45) is 0 Å². The van der Waals surface area contributed by atoms with Gasteiger partial charge in [0.1, 0.15) is 6.54 Å². The highest BCUT2D eigenvalue weighted by Gasteiger charge is 2.21. The molecule has 0 bridgehead atoms. The fraction of sp³-hybridized carbons (Fsp3) is 0.444. The number of rotatable bonds is 4. The van der Waals surface area contributed by atoms with Crippen LogP contribution in [0.1, 0.15) is 16.8 Å². The predicted octanol–water partition coefficient (Wildman–Crippen LogP) is 1.84. The largest absolute Gasteiger partial charge is 0.339 e. The summed E-state index contributed by atoms with van der Waals surface area (Å²) in [4.78, 5) is 16.7. The molecule has 0 spiro atoms. The van der Waals surface area contributed by atoms with Crippen molar-refractivity contribution in [1.82, 2.24) is 19.6 Å². The van der Waals surface area contributed by atoms with E-state index in [0.717, 1.165) is 38.4 Å². The van der Waals surface area contributed by atoms with Crippen LogP contribution >= 0.6 is 0 Å². The zero-order valence-corrected chi connectivity index (χ0v) is 13.9. The van der Waals surface area contributed by atoms with Crippen LogP contribution in [0.2, 0.25) is 0 Å². The Morgan fingerprint density at radius 2 is 1.74 bits per heavy atom. The SMILES string of the molecule is Cc1ccc(CN2CCN(C(=O)Cn3ccc(C)n3)CC2)cc1. The zero-order valence-electron chi connectivity index (χ0n) is 13.9. The van der Waals surface area contributed by atoms with Gasteiger partial charge in [-0.3, -0.25) is 14.4 Å². The van der Waals surface area contributed by atoms with E-state index in [2.05, 4.69) is 41.2 Å². The normalized spacial score (nSPS) is 15.8. The predicted molar refractivity (Wildman–Crippen MR) is 90.0 cm³/mol. The summed E-state index contributed by atoms with van der Waals surface area (Å²) in [6.45, 7) is 8.79. The van der Waals surface area contributed by atoms with E-state index in [1.807, 2.05) is 24.1 Å². The first-order valence-electron chi connectivity index (χ1n) is 8.16. The minimum atomic E-state index is 0.156. The molecule has 2 aromatic rings. The fourth-order valence-corrected chi connectivity index (χ4v) is 2.90. The van der Waals surface area contributed by atoms with Gasteiger partial charge in [0.25, 0.3) is 0 Å². The minimum Gasteiger partial charge on any atom is -0.339 e. The van der Waals surface area contributed by atoms with Crippen LogP contribution in [0.15, 0.2) is 36.5 Å². The van der Waals surface area contributed by atoms with Gasteiger partial charge in [0.2, 0.25) is 5.91 Å². The maximum Gasteiger partial charge on any atom is 0.244 e. The maximum atomic E-state index is 12.3. The molecule has 5 heteroatoms. The van der Waals surface area contributed by atoms with Gasteiger partial charge in [-0.1, -0.05) is 29.8 Å². The van der Waals surface area contributed by atoms with Crippen molar-refractivity contribution in [3.63, 3.8) is 0 Å². The van der Waals surface area contributed by atoms with Gasteiger partial charge in [0.15, 0.2) is 0 Å². The topological polar surface area (TPSA) is 41.4 Å². The van der Waals surface area contributed by atoms with Crippen LogP contribution in [-0.2, 0) is 17.9 Å². The third-order valence-corrected chi connectivity index (χ3v) is 4.32. The van der Waals surface area contributed by atoms with Gasteiger partial charge in [0, 0.05) is 38.9 Å². The molecule has 1 saturated heterocycles. The van der Waals surface area contributed by atoms with Gasteiger partial charge in [-0.15, -0.1) is 0 Å². The lowest BCUT2D eigenvalue weighted by Crippen LogP contribution is -2.49. The van der Waals surface area contributed by atoms with Crippen molar-refractivity contribution in [3.05, 3.63) is 53.3 Å². The summed E-state index contributed by atoms with van der Waals surface area (Å²) in [5, 5.41) is 4.28. The number of carbonyl (C=O) groups is 1. The summed E-state index contributed by atoms with van der Waals surface area (Å²) in [5.41, 5.74) is 3.57. The molecule has 23 heavy (non-hydrogen) atoms. The third kappa shape index (κ3) is 4.20. The highest BCUT2D eigenvalue weighted by Crippen LogP contribution is 2.10. The molecule has 2 heterocycles. The van der Waals surface area contributed by atoms with Crippen LogP contribution in [0.4, 0.5) is 0 Å². The molecule has 0 aliphatic carbocycles. The smallest absolute Gasteiger partial charge is 0.244 e. The lowest BCUT2D eigenvalue weighted by molar-refractivity contribution is -0.133. The summed E-state index contributed by atoms with van der Waals surface area (Å²) >= 11 is 0. The molecule has 0 N–H and O–H groups in total. The number of hydrogen-bond donors (Lipinski definition) is 0. The molecular weight excluding hydrogens is 288 g/mol. The second-order valence-electron chi connectivity index (χ2n) is 6.30. The van der Waals surface area contributed by atoms with Gasteiger partial charge in [-0.05, 0) is 25.5 Å². The lowest BCUT2D eigenvalue weighted by atomic mass is 10.1. The van der Waals surface area contributed by atoms with Crippen LogP contribution in [0, 0.1) is 13.8 Å². The summed E-state index contributed by atoms with van der Waals surface area (Å²) in [5.74, 6) is 0.156. The van der Waals surface area contributed by atoms with Crippen LogP contribution in [0.5, 0.6) is 0 Å². The highest BCUT2D eigenvalue weighted by molar-refractivity contribution is 5.76. The summed E-state index contributed by atoms with van der Waals surface area (Å²) in [7, 11) is 0. The second-order valence-corrected chi connectivity index (χ2v) is 6.30. The average molecular weight is 312 g/mol. The molecule has 1 aliphatic heterocycles. The van der Waals surface area contributed by atoms with E-state index in [1.54, 1.807) is 4.68 Å². The molecule has 0 radical (unpaired) electrons. The van der Waals surface area contributed by atoms with E-state index < -0.39 is 0 Å². The van der Waals surface area contributed by atoms with Gasteiger partial charge < -0.3 is 4.90 Å². The Kier molecular flexibility index (Phi) is 4.76. The number of carbonyl (C=O) groups excluding carboxylic acids is 1. The van der Waals surface area contributed by atoms with Crippen LogP contribution in [-0.4, -0.2) is 51.7 Å². The maximum absolute atomic E-state index is 12.3. The summed E-state index contributed by atoms with van der Waals surface area (Å²) in [6.07, 6.45) is 1.86. The Bertz CT molecular complexity index is 654. The van der Waals surface area contributed by atoms with Gasteiger partial charge in [-0.2, -0.15) is 5.10 Å². The third-order valence-electron chi connectivity index (χ3n) is 4.32. The molecule has 122 valence electrons. The number of hydrogen-bond acceptors (Lipinski definition) is 3. The molecule has 1 aromatic heterocycles. The Labute approximate surface area is 137 Å². The molecular formula is C18H24N4O. The number of piperazine rings is 1. The number of benzene rings is 1. The number of amides is 1. The number of nitrogens with zero attached hydrogens (tertiary/aromatic N) is 4. The Balaban J connectivity index is 1.48. The molecule has 3 rings (SSSR count). The van der Waals surface area contributed by atoms with E-state index >= 15 is 0 Å². The zero-order chi connectivity index (χ0) is 16.2. The molecule has 0 saturated carbocycles. The number of aromatic nitrogens is 2. The Morgan fingerprint density at radius 3 is 2.35 bits per heavy atom. The van der Waals surface area contributed by atoms with Crippen molar-refractivity contribution in [1.29, 1.82) is 0 Å². The van der Waals surface area contributed by atoms with Crippen molar-refractivity contribution < 1.29 is 4.79 Å². The minimum absolute atomic E-state index is 0.156. The first-order valence-corrected chi connectivity index (χ1v) is 8.16. The lowest BCUT2D eigenvalue weighted by Gasteiger charge is -2.34. The summed E-state index contributed by atoms with van der Waals surface area (Å²) < 4.78 is 1.72. The van der Waals surface area contributed by atoms with Crippen molar-refractivity contribution in [3.8, 4) is 0 Å². The van der Waals surface area contributed by atoms with Crippen molar-refractivity contribution in [2.75, 3.05) is 26.2 Å². The van der Waals surface area contributed by atoms with Crippen molar-refractivity contribution in [2.45, 2.75) is 26.9 Å². The van der Waals surface area contributed by atoms with Gasteiger partial charge >= 0.3 is 0 Å². The van der Waals surface area contributed by atoms with E-state index in [9.17, 15) is 4.79 Å². The van der Waals surface area contributed by atoms with Crippen LogP contribution in [0.25, 0.3) is 0 Å². The first kappa shape index (κ1) is 15.7. The first-order chi connectivity index (χ1) is 11.1. The molecule has 0 atom stereocenters. The van der Waals surface area contributed by atoms with Crippen molar-refractivity contribution >= 4 is 5.91 Å². The fourth-order valence-electron chi connectivity index (χ4n) is 2.90. The Hall–Kier alpha value is -2.14. The quantitative estimate of drug-likeness (QED) is 0.865. The average Bonchev–Trinajstić information content (AvgIpc) is 2.95. The van der Waals surface area contributed by atoms with Gasteiger partial charge in [-0.25, -0.2) is 0 Å².